The molecule has 0 aliphatic carbocycles. The van der Waals surface area contributed by atoms with Crippen molar-refractivity contribution in [1.29, 1.82) is 0 Å². The van der Waals surface area contributed by atoms with E-state index < -0.39 is 10.0 Å². The van der Waals surface area contributed by atoms with Crippen LogP contribution in [0.2, 0.25) is 5.02 Å². The van der Waals surface area contributed by atoms with Crippen molar-refractivity contribution in [3.05, 3.63) is 58.7 Å². The van der Waals surface area contributed by atoms with Gasteiger partial charge in [-0.15, -0.1) is 0 Å². The fraction of sp³-hybridized carbons (Fsp3) is 0.190. The van der Waals surface area contributed by atoms with Gasteiger partial charge in [-0.25, -0.2) is 18.1 Å². The predicted molar refractivity (Wildman–Crippen MR) is 124 cm³/mol. The van der Waals surface area contributed by atoms with Crippen LogP contribution in [0.25, 0.3) is 0 Å². The largest absolute Gasteiger partial charge is 0.339 e. The molecule has 0 bridgehead atoms. The first kappa shape index (κ1) is 22.0. The lowest BCUT2D eigenvalue weighted by Crippen LogP contribution is -2.19. The Morgan fingerprint density at radius 1 is 1.06 bits per heavy atom. The summed E-state index contributed by atoms with van der Waals surface area (Å²) in [5.74, 6) is 0.646. The minimum Gasteiger partial charge on any atom is -0.339 e. The number of carbonyl (C=O) groups is 1. The number of rotatable bonds is 6. The number of aromatic nitrogens is 2. The van der Waals surface area contributed by atoms with E-state index in [2.05, 4.69) is 30.6 Å². The second-order valence-corrected chi connectivity index (χ2v) is 9.51. The van der Waals surface area contributed by atoms with Gasteiger partial charge in [-0.2, -0.15) is 4.98 Å². The smallest absolute Gasteiger partial charge is 0.240 e. The van der Waals surface area contributed by atoms with Crippen LogP contribution in [-0.2, 0) is 21.2 Å². The number of nitrogens with one attached hydrogen (secondary N) is 4. The number of aryl methyl sites for hydroxylation is 2. The summed E-state index contributed by atoms with van der Waals surface area (Å²) in [6, 6.07) is 10.6. The molecule has 1 aliphatic heterocycles. The molecule has 1 aromatic heterocycles. The van der Waals surface area contributed by atoms with Crippen LogP contribution in [0.3, 0.4) is 0 Å². The van der Waals surface area contributed by atoms with Crippen molar-refractivity contribution in [3.63, 3.8) is 0 Å². The van der Waals surface area contributed by atoms with Gasteiger partial charge in [0.25, 0.3) is 0 Å². The highest BCUT2D eigenvalue weighted by atomic mass is 35.5. The summed E-state index contributed by atoms with van der Waals surface area (Å²) < 4.78 is 26.8. The summed E-state index contributed by atoms with van der Waals surface area (Å²) in [5.41, 5.74) is 3.73. The van der Waals surface area contributed by atoms with E-state index in [1.807, 2.05) is 18.2 Å². The highest BCUT2D eigenvalue weighted by molar-refractivity contribution is 7.89. The molecular weight excluding hydrogens is 452 g/mol. The molecule has 4 rings (SSSR count). The zero-order chi connectivity index (χ0) is 22.9. The van der Waals surface area contributed by atoms with Crippen LogP contribution in [0, 0.1) is 6.92 Å². The number of sulfonamides is 1. The Morgan fingerprint density at radius 2 is 1.81 bits per heavy atom. The van der Waals surface area contributed by atoms with Gasteiger partial charge in [0, 0.05) is 23.5 Å². The Bertz CT molecular complexity index is 1310. The summed E-state index contributed by atoms with van der Waals surface area (Å²) in [7, 11) is -2.24. The third-order valence-electron chi connectivity index (χ3n) is 5.01. The predicted octanol–water partition coefficient (Wildman–Crippen LogP) is 3.72. The Balaban J connectivity index is 1.58. The molecule has 32 heavy (non-hydrogen) atoms. The zero-order valence-electron chi connectivity index (χ0n) is 17.4. The van der Waals surface area contributed by atoms with Gasteiger partial charge < -0.3 is 16.0 Å². The van der Waals surface area contributed by atoms with Crippen LogP contribution >= 0.6 is 11.6 Å². The van der Waals surface area contributed by atoms with Crippen LogP contribution < -0.4 is 20.7 Å². The Labute approximate surface area is 190 Å². The fourth-order valence-corrected chi connectivity index (χ4v) is 4.45. The van der Waals surface area contributed by atoms with Crippen molar-refractivity contribution < 1.29 is 13.2 Å². The van der Waals surface area contributed by atoms with E-state index in [0.717, 1.165) is 16.9 Å². The van der Waals surface area contributed by atoms with Crippen LogP contribution in [0.1, 0.15) is 17.5 Å². The Hall–Kier alpha value is -3.21. The highest BCUT2D eigenvalue weighted by Gasteiger charge is 2.17. The molecule has 0 saturated carbocycles. The monoisotopic (exact) mass is 472 g/mol. The lowest BCUT2D eigenvalue weighted by molar-refractivity contribution is -0.116. The van der Waals surface area contributed by atoms with Crippen LogP contribution in [-0.4, -0.2) is 31.3 Å². The molecule has 1 amide bonds. The van der Waals surface area contributed by atoms with Gasteiger partial charge in [-0.05, 0) is 61.9 Å². The van der Waals surface area contributed by atoms with Gasteiger partial charge >= 0.3 is 0 Å². The molecule has 0 fully saturated rings. The van der Waals surface area contributed by atoms with E-state index in [1.54, 1.807) is 19.1 Å². The molecule has 166 valence electrons. The van der Waals surface area contributed by atoms with Crippen molar-refractivity contribution >= 4 is 56.4 Å². The molecule has 4 N–H and O–H groups in total. The van der Waals surface area contributed by atoms with Gasteiger partial charge in [0.05, 0.1) is 11.1 Å². The number of amides is 1. The molecule has 0 atom stereocenters. The number of carbonyl (C=O) groups excluding carboxylic acids is 1. The summed E-state index contributed by atoms with van der Waals surface area (Å²) in [5, 5.41) is 9.36. The summed E-state index contributed by atoms with van der Waals surface area (Å²) >= 11 is 6.28. The Morgan fingerprint density at radius 3 is 2.59 bits per heavy atom. The zero-order valence-corrected chi connectivity index (χ0v) is 18.9. The molecule has 0 spiro atoms. The van der Waals surface area contributed by atoms with Gasteiger partial charge in [0.1, 0.15) is 5.02 Å². The fourth-order valence-electron chi connectivity index (χ4n) is 3.32. The average Bonchev–Trinajstić information content (AvgIpc) is 2.77. The van der Waals surface area contributed by atoms with Crippen molar-refractivity contribution in [2.75, 3.05) is 23.0 Å². The molecule has 11 heteroatoms. The number of fused-ring (bicyclic) bond motifs is 1. The normalized spacial score (nSPS) is 13.3. The lowest BCUT2D eigenvalue weighted by atomic mass is 10.0. The molecular formula is C21H21ClN6O3S. The molecule has 9 nitrogen and oxygen atoms in total. The van der Waals surface area contributed by atoms with E-state index >= 15 is 0 Å². The maximum Gasteiger partial charge on any atom is 0.240 e. The number of benzene rings is 2. The van der Waals surface area contributed by atoms with Gasteiger partial charge in [-0.3, -0.25) is 4.79 Å². The number of halogens is 1. The molecule has 1 aliphatic rings. The van der Waals surface area contributed by atoms with E-state index in [0.29, 0.717) is 34.9 Å². The molecule has 0 unspecified atom stereocenters. The third kappa shape index (κ3) is 4.67. The maximum atomic E-state index is 12.2. The van der Waals surface area contributed by atoms with Gasteiger partial charge in [0.15, 0.2) is 5.82 Å². The average molecular weight is 473 g/mol. The molecule has 2 aromatic carbocycles. The Kier molecular flexibility index (Phi) is 6.00. The van der Waals surface area contributed by atoms with E-state index in [4.69, 9.17) is 11.6 Å². The van der Waals surface area contributed by atoms with Crippen LogP contribution in [0.15, 0.2) is 47.5 Å². The number of anilines is 5. The second kappa shape index (κ2) is 8.73. The number of hydrogen-bond acceptors (Lipinski definition) is 7. The van der Waals surface area contributed by atoms with Gasteiger partial charge in [-0.1, -0.05) is 17.7 Å². The van der Waals surface area contributed by atoms with E-state index in [1.165, 1.54) is 19.3 Å². The van der Waals surface area contributed by atoms with Crippen molar-refractivity contribution in [2.45, 2.75) is 24.7 Å². The number of nitrogens with zero attached hydrogens (tertiary/aromatic N) is 2. The topological polar surface area (TPSA) is 125 Å². The highest BCUT2D eigenvalue weighted by Crippen LogP contribution is 2.30. The summed E-state index contributed by atoms with van der Waals surface area (Å²) in [6.45, 7) is 1.72. The van der Waals surface area contributed by atoms with E-state index in [9.17, 15) is 13.2 Å². The summed E-state index contributed by atoms with van der Waals surface area (Å²) in [4.78, 5) is 20.3. The quantitative estimate of drug-likeness (QED) is 0.430. The third-order valence-corrected chi connectivity index (χ3v) is 6.84. The molecule has 0 saturated heterocycles. The van der Waals surface area contributed by atoms with Gasteiger partial charge in [0.2, 0.25) is 21.9 Å². The minimum absolute atomic E-state index is 0.00884. The van der Waals surface area contributed by atoms with Crippen molar-refractivity contribution in [2.24, 2.45) is 0 Å². The SMILES string of the molecule is CNS(=O)(=O)c1cc(Nc2ncc(Cl)c(Nc3ccc4c(c3)CCC(=O)N4)n2)ccc1C. The number of hydrogen-bond donors (Lipinski definition) is 4. The van der Waals surface area contributed by atoms with E-state index in [-0.39, 0.29) is 16.8 Å². The minimum atomic E-state index is -3.60. The van der Waals surface area contributed by atoms with Crippen molar-refractivity contribution in [1.82, 2.24) is 14.7 Å². The molecule has 3 aromatic rings. The van der Waals surface area contributed by atoms with Crippen LogP contribution in [0.4, 0.5) is 28.8 Å². The lowest BCUT2D eigenvalue weighted by Gasteiger charge is -2.18. The molecule has 2 heterocycles. The van der Waals surface area contributed by atoms with Crippen LogP contribution in [0.5, 0.6) is 0 Å². The second-order valence-electron chi connectivity index (χ2n) is 7.25. The summed E-state index contributed by atoms with van der Waals surface area (Å²) in [6.07, 6.45) is 2.56. The first-order valence-corrected chi connectivity index (χ1v) is 11.6. The molecule has 0 radical (unpaired) electrons. The standard InChI is InChI=1S/C21H21ClN6O3S/c1-12-3-5-15(10-18(12)32(30,31)23-2)26-21-24-11-16(22)20(28-21)25-14-6-7-17-13(9-14)4-8-19(29)27-17/h3,5-7,9-11,23H,4,8H2,1-2H3,(H,27,29)(H2,24,25,26,28). The first-order chi connectivity index (χ1) is 15.2. The maximum absolute atomic E-state index is 12.2. The van der Waals surface area contributed by atoms with Crippen molar-refractivity contribution in [3.8, 4) is 0 Å². The first-order valence-electron chi connectivity index (χ1n) is 9.79.